The Morgan fingerprint density at radius 2 is 1.62 bits per heavy atom. The summed E-state index contributed by atoms with van der Waals surface area (Å²) in [5, 5.41) is 12.0. The standard InChI is InChI=1S/C38H53ClN2O5S2/c1-36(2,3)46-35(44)40-19-11-12-32(40)45-25-27-15-18-30-29(22-27)33(47-20-9-10-21-48-37(4,5)6)31(23-38(7,8)34(42)43)41(30)24-26-13-16-28(39)17-14-26/h13-18,22,32H,9-12,19-21,23-25H2,1-8H3,(H,42,43)/t32-/m0/s1. The van der Waals surface area contributed by atoms with Gasteiger partial charge in [-0.3, -0.25) is 9.69 Å². The number of carbonyl (C=O) groups is 2. The van der Waals surface area contributed by atoms with E-state index in [1.165, 1.54) is 0 Å². The second-order valence-electron chi connectivity index (χ2n) is 15.3. The van der Waals surface area contributed by atoms with Crippen LogP contribution in [-0.4, -0.2) is 61.3 Å². The van der Waals surface area contributed by atoms with Crippen molar-refractivity contribution >= 4 is 58.1 Å². The van der Waals surface area contributed by atoms with Gasteiger partial charge >= 0.3 is 12.1 Å². The van der Waals surface area contributed by atoms with E-state index >= 15 is 0 Å². The molecule has 2 aromatic carbocycles. The van der Waals surface area contributed by atoms with Gasteiger partial charge in [-0.1, -0.05) is 50.6 Å². The van der Waals surface area contributed by atoms with Gasteiger partial charge in [0, 0.05) is 50.8 Å². The van der Waals surface area contributed by atoms with Gasteiger partial charge in [0.2, 0.25) is 0 Å². The number of rotatable bonds is 14. The van der Waals surface area contributed by atoms with Gasteiger partial charge in [0.15, 0.2) is 0 Å². The number of benzene rings is 2. The second-order valence-corrected chi connectivity index (χ2v) is 18.8. The van der Waals surface area contributed by atoms with Gasteiger partial charge in [0.25, 0.3) is 0 Å². The molecule has 48 heavy (non-hydrogen) atoms. The maximum atomic E-state index is 12.9. The van der Waals surface area contributed by atoms with Crippen LogP contribution < -0.4 is 0 Å². The lowest BCUT2D eigenvalue weighted by atomic mass is 9.88. The topological polar surface area (TPSA) is 81.0 Å². The van der Waals surface area contributed by atoms with Gasteiger partial charge in [-0.05, 0) is 107 Å². The number of likely N-dealkylation sites (tertiary alicyclic amines) is 1. The first-order valence-electron chi connectivity index (χ1n) is 16.9. The fourth-order valence-corrected chi connectivity index (χ4v) is 7.99. The number of aromatic nitrogens is 1. The van der Waals surface area contributed by atoms with Crippen LogP contribution in [0.25, 0.3) is 10.9 Å². The molecule has 0 unspecified atom stereocenters. The number of carboxylic acids is 1. The van der Waals surface area contributed by atoms with Gasteiger partial charge in [-0.2, -0.15) is 11.8 Å². The quantitative estimate of drug-likeness (QED) is 0.131. The van der Waals surface area contributed by atoms with E-state index < -0.39 is 17.0 Å². The molecule has 0 bridgehead atoms. The summed E-state index contributed by atoms with van der Waals surface area (Å²) in [6.45, 7) is 17.5. The highest BCUT2D eigenvalue weighted by Crippen LogP contribution is 2.40. The third-order valence-electron chi connectivity index (χ3n) is 8.21. The van der Waals surface area contributed by atoms with Gasteiger partial charge in [-0.25, -0.2) is 4.79 Å². The number of carbonyl (C=O) groups excluding carboxylic acids is 1. The molecular weight excluding hydrogens is 664 g/mol. The number of hydrogen-bond donors (Lipinski definition) is 1. The van der Waals surface area contributed by atoms with E-state index in [9.17, 15) is 14.7 Å². The van der Waals surface area contributed by atoms with Crippen molar-refractivity contribution in [1.82, 2.24) is 9.47 Å². The first-order valence-corrected chi connectivity index (χ1v) is 19.3. The predicted octanol–water partition coefficient (Wildman–Crippen LogP) is 10.3. The normalized spacial score (nSPS) is 15.8. The molecular formula is C38H53ClN2O5S2. The smallest absolute Gasteiger partial charge is 0.412 e. The molecule has 264 valence electrons. The van der Waals surface area contributed by atoms with Gasteiger partial charge < -0.3 is 19.1 Å². The van der Waals surface area contributed by atoms with E-state index in [0.717, 1.165) is 69.8 Å². The Hall–Kier alpha value is -2.33. The Labute approximate surface area is 300 Å². The molecule has 2 heterocycles. The molecule has 1 aliphatic heterocycles. The Bertz CT molecular complexity index is 1560. The summed E-state index contributed by atoms with van der Waals surface area (Å²) in [4.78, 5) is 28.1. The molecule has 0 saturated carbocycles. The lowest BCUT2D eigenvalue weighted by Gasteiger charge is -2.28. The fourth-order valence-electron chi connectivity index (χ4n) is 5.69. The number of halogens is 1. The number of amides is 1. The van der Waals surface area contributed by atoms with E-state index in [1.54, 1.807) is 18.7 Å². The molecule has 0 radical (unpaired) electrons. The summed E-state index contributed by atoms with van der Waals surface area (Å²) in [6, 6.07) is 14.3. The number of hydrogen-bond acceptors (Lipinski definition) is 6. The van der Waals surface area contributed by atoms with Crippen LogP contribution in [0.15, 0.2) is 47.4 Å². The lowest BCUT2D eigenvalue weighted by Crippen LogP contribution is -2.40. The number of ether oxygens (including phenoxy) is 2. The van der Waals surface area contributed by atoms with E-state index in [2.05, 4.69) is 43.5 Å². The van der Waals surface area contributed by atoms with Crippen molar-refractivity contribution in [3.63, 3.8) is 0 Å². The fraction of sp³-hybridized carbons (Fsp3) is 0.579. The molecule has 1 N–H and O–H groups in total. The summed E-state index contributed by atoms with van der Waals surface area (Å²) in [7, 11) is 0. The average Bonchev–Trinajstić information content (AvgIpc) is 3.56. The molecule has 4 rings (SSSR count). The summed E-state index contributed by atoms with van der Waals surface area (Å²) in [5.74, 6) is 1.24. The minimum Gasteiger partial charge on any atom is -0.481 e. The van der Waals surface area contributed by atoms with Gasteiger partial charge in [-0.15, -0.1) is 11.8 Å². The molecule has 1 aliphatic rings. The molecule has 1 amide bonds. The number of nitrogens with zero attached hydrogens (tertiary/aromatic N) is 2. The number of carboxylic acid groups (broad SMARTS) is 1. The summed E-state index contributed by atoms with van der Waals surface area (Å²) >= 11 is 10.0. The monoisotopic (exact) mass is 716 g/mol. The van der Waals surface area contributed by atoms with Crippen molar-refractivity contribution < 1.29 is 24.2 Å². The number of thioether (sulfide) groups is 2. The maximum absolute atomic E-state index is 12.9. The third kappa shape index (κ3) is 10.8. The molecule has 1 aromatic heterocycles. The Kier molecular flexibility index (Phi) is 12.9. The van der Waals surface area contributed by atoms with Crippen LogP contribution in [0.4, 0.5) is 4.79 Å². The van der Waals surface area contributed by atoms with Crippen molar-refractivity contribution in [2.24, 2.45) is 5.41 Å². The van der Waals surface area contributed by atoms with E-state index in [1.807, 2.05) is 68.6 Å². The number of unbranched alkanes of at least 4 members (excludes halogenated alkanes) is 1. The molecule has 10 heteroatoms. The first kappa shape index (κ1) is 38.5. The van der Waals surface area contributed by atoms with Crippen molar-refractivity contribution in [1.29, 1.82) is 0 Å². The lowest BCUT2D eigenvalue weighted by molar-refractivity contribution is -0.146. The minimum absolute atomic E-state index is 0.249. The maximum Gasteiger partial charge on any atom is 0.412 e. The SMILES string of the molecule is CC(C)(C)OC(=O)N1CCC[C@@H]1OCc1ccc2c(c1)c(SCCCCSC(C)(C)C)c(CC(C)(C)C(=O)O)n2Cc1ccc(Cl)cc1. The van der Waals surface area contributed by atoms with Gasteiger partial charge in [0.05, 0.1) is 12.0 Å². The largest absolute Gasteiger partial charge is 0.481 e. The average molecular weight is 717 g/mol. The molecule has 1 fully saturated rings. The zero-order valence-corrected chi connectivity index (χ0v) is 32.2. The van der Waals surface area contributed by atoms with E-state index in [-0.39, 0.29) is 17.1 Å². The zero-order chi connectivity index (χ0) is 35.3. The summed E-state index contributed by atoms with van der Waals surface area (Å²) in [6.07, 6.45) is 3.55. The Balaban J connectivity index is 1.67. The zero-order valence-electron chi connectivity index (χ0n) is 29.9. The van der Waals surface area contributed by atoms with Crippen LogP contribution in [0.1, 0.15) is 97.9 Å². The predicted molar refractivity (Wildman–Crippen MR) is 201 cm³/mol. The highest BCUT2D eigenvalue weighted by molar-refractivity contribution is 8.00. The van der Waals surface area contributed by atoms with Crippen molar-refractivity contribution in [2.45, 2.75) is 122 Å². The van der Waals surface area contributed by atoms with Crippen LogP contribution in [-0.2, 0) is 33.8 Å². The molecule has 1 saturated heterocycles. The van der Waals surface area contributed by atoms with Crippen LogP contribution >= 0.6 is 35.1 Å². The highest BCUT2D eigenvalue weighted by Gasteiger charge is 2.34. The minimum atomic E-state index is -0.954. The summed E-state index contributed by atoms with van der Waals surface area (Å²) < 4.78 is 14.5. The summed E-state index contributed by atoms with van der Waals surface area (Å²) in [5.41, 5.74) is 2.68. The number of aliphatic carboxylic acids is 1. The Morgan fingerprint density at radius 1 is 0.958 bits per heavy atom. The second kappa shape index (κ2) is 16.1. The van der Waals surface area contributed by atoms with Crippen LogP contribution in [0.3, 0.4) is 0 Å². The van der Waals surface area contributed by atoms with Crippen molar-refractivity contribution in [2.75, 3.05) is 18.1 Å². The van der Waals surface area contributed by atoms with Crippen LogP contribution in [0, 0.1) is 5.41 Å². The molecule has 3 aromatic rings. The molecule has 0 spiro atoms. The van der Waals surface area contributed by atoms with Crippen molar-refractivity contribution in [3.05, 3.63) is 64.3 Å². The third-order valence-corrected chi connectivity index (χ3v) is 11.1. The van der Waals surface area contributed by atoms with Crippen molar-refractivity contribution in [3.8, 4) is 0 Å². The van der Waals surface area contributed by atoms with E-state index in [4.69, 9.17) is 21.1 Å². The van der Waals surface area contributed by atoms with Gasteiger partial charge in [0.1, 0.15) is 11.8 Å². The number of fused-ring (bicyclic) bond motifs is 1. The Morgan fingerprint density at radius 3 is 2.27 bits per heavy atom. The van der Waals surface area contributed by atoms with Crippen LogP contribution in [0.2, 0.25) is 5.02 Å². The molecule has 1 atom stereocenters. The molecule has 7 nitrogen and oxygen atoms in total. The van der Waals surface area contributed by atoms with E-state index in [0.29, 0.717) is 31.1 Å². The molecule has 0 aliphatic carbocycles. The first-order chi connectivity index (χ1) is 22.4. The highest BCUT2D eigenvalue weighted by atomic mass is 35.5. The van der Waals surface area contributed by atoms with Crippen LogP contribution in [0.5, 0.6) is 0 Å².